The standard InChI is InChI=1S/C34H42F3N9O2S2/c1-22(44-11-13-45(14-12-44)50(47,48)42-26-4-5-26)19-46-27(18-38)15-29-23(2)24(3-6-31(29)46)20-43-9-7-25(8-10-43)41-32-30-16-28(17-34(35,36)37)49-33(30)40-21-39-32/h3,6,15-16,21-22,25-26,42H,4-5,7-14,17,19-20H2,1-2H3,(H,39,40,41)/t22-/m0/s1. The van der Waals surface area contributed by atoms with Crippen LogP contribution in [0.2, 0.25) is 0 Å². The molecule has 0 amide bonds. The Bertz CT molecular complexity index is 2000. The number of likely N-dealkylation sites (tertiary alicyclic amines) is 1. The van der Waals surface area contributed by atoms with Gasteiger partial charge in [0, 0.05) is 86.3 Å². The van der Waals surface area contributed by atoms with E-state index in [1.54, 1.807) is 10.4 Å². The van der Waals surface area contributed by atoms with Crippen LogP contribution in [0.25, 0.3) is 21.1 Å². The van der Waals surface area contributed by atoms with Crippen LogP contribution < -0.4 is 10.0 Å². The van der Waals surface area contributed by atoms with Crippen LogP contribution in [0.1, 0.15) is 54.3 Å². The maximum Gasteiger partial charge on any atom is 0.393 e. The van der Waals surface area contributed by atoms with Gasteiger partial charge in [-0.1, -0.05) is 6.07 Å². The third kappa shape index (κ3) is 7.78. The molecule has 7 rings (SSSR count). The minimum Gasteiger partial charge on any atom is -0.367 e. The van der Waals surface area contributed by atoms with Crippen molar-refractivity contribution in [3.8, 4) is 6.07 Å². The molecule has 0 bridgehead atoms. The maximum absolute atomic E-state index is 13.0. The van der Waals surface area contributed by atoms with Crippen molar-refractivity contribution < 1.29 is 21.6 Å². The fraction of sp³-hybridized carbons (Fsp3) is 0.559. The molecule has 0 spiro atoms. The van der Waals surface area contributed by atoms with E-state index in [-0.39, 0.29) is 23.0 Å². The van der Waals surface area contributed by atoms with Crippen molar-refractivity contribution >= 4 is 48.5 Å². The molecule has 16 heteroatoms. The molecule has 5 heterocycles. The number of alkyl halides is 3. The molecular weight excluding hydrogens is 688 g/mol. The monoisotopic (exact) mass is 729 g/mol. The molecule has 3 fully saturated rings. The molecule has 0 radical (unpaired) electrons. The van der Waals surface area contributed by atoms with Crippen molar-refractivity contribution in [3.05, 3.63) is 52.3 Å². The van der Waals surface area contributed by atoms with Crippen molar-refractivity contribution in [2.45, 2.75) is 83.3 Å². The van der Waals surface area contributed by atoms with Gasteiger partial charge in [0.1, 0.15) is 28.7 Å². The van der Waals surface area contributed by atoms with E-state index in [1.165, 1.54) is 11.9 Å². The first-order valence-corrected chi connectivity index (χ1v) is 19.4. The Morgan fingerprint density at radius 2 is 1.76 bits per heavy atom. The molecule has 1 aromatic carbocycles. The van der Waals surface area contributed by atoms with Crippen LogP contribution in [-0.4, -0.2) is 101 Å². The Morgan fingerprint density at radius 1 is 1.02 bits per heavy atom. The Kier molecular flexibility index (Phi) is 9.83. The van der Waals surface area contributed by atoms with E-state index in [4.69, 9.17) is 0 Å². The highest BCUT2D eigenvalue weighted by atomic mass is 32.2. The van der Waals surface area contributed by atoms with Gasteiger partial charge in [-0.05, 0) is 68.9 Å². The third-order valence-electron chi connectivity index (χ3n) is 10.2. The number of hydrogen-bond acceptors (Lipinski definition) is 9. The first-order chi connectivity index (χ1) is 23.9. The van der Waals surface area contributed by atoms with Crippen LogP contribution in [-0.2, 0) is 29.7 Å². The van der Waals surface area contributed by atoms with E-state index >= 15 is 0 Å². The average molecular weight is 730 g/mol. The number of thiophene rings is 1. The summed E-state index contributed by atoms with van der Waals surface area (Å²) in [6.07, 6.45) is -0.265. The molecule has 50 heavy (non-hydrogen) atoms. The maximum atomic E-state index is 13.0. The number of nitriles is 1. The Morgan fingerprint density at radius 3 is 2.44 bits per heavy atom. The fourth-order valence-electron chi connectivity index (χ4n) is 7.21. The quantitative estimate of drug-likeness (QED) is 0.221. The van der Waals surface area contributed by atoms with Crippen LogP contribution in [0.3, 0.4) is 0 Å². The molecular formula is C34H42F3N9O2S2. The molecule has 11 nitrogen and oxygen atoms in total. The average Bonchev–Trinajstić information content (AvgIpc) is 3.67. The number of fused-ring (bicyclic) bond motifs is 2. The largest absolute Gasteiger partial charge is 0.393 e. The molecule has 0 unspecified atom stereocenters. The molecule has 2 aliphatic heterocycles. The van der Waals surface area contributed by atoms with E-state index in [1.807, 2.05) is 6.07 Å². The number of benzene rings is 1. The highest BCUT2D eigenvalue weighted by molar-refractivity contribution is 7.87. The van der Waals surface area contributed by atoms with Crippen molar-refractivity contribution in [2.75, 3.05) is 44.6 Å². The molecule has 3 aliphatic rings. The van der Waals surface area contributed by atoms with E-state index in [0.717, 1.165) is 73.1 Å². The number of nitrogens with zero attached hydrogens (tertiary/aromatic N) is 7. The number of halogens is 3. The Balaban J connectivity index is 0.961. The van der Waals surface area contributed by atoms with Crippen LogP contribution in [0, 0.1) is 18.3 Å². The highest BCUT2D eigenvalue weighted by Gasteiger charge is 2.34. The van der Waals surface area contributed by atoms with Gasteiger partial charge < -0.3 is 9.88 Å². The summed E-state index contributed by atoms with van der Waals surface area (Å²) < 4.78 is 70.6. The summed E-state index contributed by atoms with van der Waals surface area (Å²) in [6, 6.07) is 10.6. The third-order valence-corrected chi connectivity index (χ3v) is 13.0. The number of nitrogens with one attached hydrogen (secondary N) is 2. The second kappa shape index (κ2) is 14.0. The number of rotatable bonds is 11. The van der Waals surface area contributed by atoms with Gasteiger partial charge in [0.15, 0.2) is 0 Å². The number of aromatic nitrogens is 3. The van der Waals surface area contributed by atoms with E-state index in [2.05, 4.69) is 66.4 Å². The molecule has 3 aromatic heterocycles. The molecule has 268 valence electrons. The van der Waals surface area contributed by atoms with Crippen LogP contribution in [0.4, 0.5) is 19.0 Å². The molecule has 4 aromatic rings. The minimum atomic E-state index is -4.27. The van der Waals surface area contributed by atoms with E-state index < -0.39 is 22.8 Å². The number of piperidine rings is 1. The Labute approximate surface area is 294 Å². The van der Waals surface area contributed by atoms with Gasteiger partial charge in [-0.3, -0.25) is 9.80 Å². The zero-order valence-corrected chi connectivity index (χ0v) is 29.8. The van der Waals surface area contributed by atoms with Gasteiger partial charge >= 0.3 is 6.18 Å². The Hall–Kier alpha value is -3.33. The second-order valence-electron chi connectivity index (χ2n) is 13.9. The first kappa shape index (κ1) is 35.1. The number of hydrogen-bond donors (Lipinski definition) is 2. The SMILES string of the molecule is Cc1c(CN2CCC(Nc3ncnc4sc(CC(F)(F)F)cc34)CC2)ccc2c1cc(C#N)n2C[C@H](C)N1CCN(S(=O)(=O)NC2CC2)CC1. The van der Waals surface area contributed by atoms with Gasteiger partial charge in [0.25, 0.3) is 10.2 Å². The summed E-state index contributed by atoms with van der Waals surface area (Å²) in [5, 5.41) is 15.2. The van der Waals surface area contributed by atoms with Crippen LogP contribution >= 0.6 is 11.3 Å². The molecule has 2 N–H and O–H groups in total. The summed E-state index contributed by atoms with van der Waals surface area (Å²) in [5.74, 6) is 0.586. The van der Waals surface area contributed by atoms with E-state index in [9.17, 15) is 26.9 Å². The highest BCUT2D eigenvalue weighted by Crippen LogP contribution is 2.34. The molecule has 1 saturated carbocycles. The smallest absolute Gasteiger partial charge is 0.367 e. The normalized spacial score (nSPS) is 19.7. The molecule has 2 saturated heterocycles. The zero-order valence-electron chi connectivity index (χ0n) is 28.2. The van der Waals surface area contributed by atoms with Gasteiger partial charge in [-0.25, -0.2) is 9.97 Å². The van der Waals surface area contributed by atoms with Gasteiger partial charge in [0.05, 0.1) is 11.8 Å². The van der Waals surface area contributed by atoms with Crippen LogP contribution in [0.5, 0.6) is 0 Å². The lowest BCUT2D eigenvalue weighted by atomic mass is 10.0. The summed E-state index contributed by atoms with van der Waals surface area (Å²) in [4.78, 5) is 14.0. The van der Waals surface area contributed by atoms with Crippen molar-refractivity contribution in [1.29, 1.82) is 5.26 Å². The van der Waals surface area contributed by atoms with Gasteiger partial charge in [0.2, 0.25) is 0 Å². The number of piperazine rings is 1. The summed E-state index contributed by atoms with van der Waals surface area (Å²) in [6.45, 7) is 9.57. The lowest BCUT2D eigenvalue weighted by molar-refractivity contribution is -0.126. The molecule has 1 atom stereocenters. The number of anilines is 1. The van der Waals surface area contributed by atoms with Gasteiger partial charge in [-0.2, -0.15) is 35.9 Å². The predicted molar refractivity (Wildman–Crippen MR) is 188 cm³/mol. The zero-order chi connectivity index (χ0) is 35.2. The predicted octanol–water partition coefficient (Wildman–Crippen LogP) is 5.01. The number of aryl methyl sites for hydroxylation is 1. The van der Waals surface area contributed by atoms with Gasteiger partial charge in [-0.15, -0.1) is 11.3 Å². The first-order valence-electron chi connectivity index (χ1n) is 17.2. The van der Waals surface area contributed by atoms with Crippen molar-refractivity contribution in [1.82, 2.24) is 33.4 Å². The fourth-order valence-corrected chi connectivity index (χ4v) is 9.68. The summed E-state index contributed by atoms with van der Waals surface area (Å²) in [7, 11) is -3.44. The molecule has 1 aliphatic carbocycles. The van der Waals surface area contributed by atoms with Crippen molar-refractivity contribution in [3.63, 3.8) is 0 Å². The van der Waals surface area contributed by atoms with E-state index in [0.29, 0.717) is 54.5 Å². The lowest BCUT2D eigenvalue weighted by Crippen LogP contribution is -2.54. The van der Waals surface area contributed by atoms with Crippen molar-refractivity contribution in [2.24, 2.45) is 0 Å². The minimum absolute atomic E-state index is 0.0893. The topological polar surface area (TPSA) is 122 Å². The summed E-state index contributed by atoms with van der Waals surface area (Å²) >= 11 is 1.06. The van der Waals surface area contributed by atoms with Crippen LogP contribution in [0.15, 0.2) is 30.6 Å². The second-order valence-corrected chi connectivity index (χ2v) is 16.7. The summed E-state index contributed by atoms with van der Waals surface area (Å²) in [5.41, 5.74) is 4.01. The lowest BCUT2D eigenvalue weighted by Gasteiger charge is -2.37.